The number of nitrogens with one attached hydrogen (secondary N) is 1. The summed E-state index contributed by atoms with van der Waals surface area (Å²) in [5.41, 5.74) is 2.65. The molecule has 1 aromatic heterocycles. The number of carbonyl (C=O) groups excluding carboxylic acids is 1. The Morgan fingerprint density at radius 3 is 2.81 bits per heavy atom. The van der Waals surface area contributed by atoms with Crippen molar-refractivity contribution in [3.05, 3.63) is 41.2 Å². The second-order valence-electron chi connectivity index (χ2n) is 7.69. The Kier molecular flexibility index (Phi) is 5.81. The second kappa shape index (κ2) is 8.46. The van der Waals surface area contributed by atoms with Crippen LogP contribution in [-0.2, 0) is 11.2 Å². The standard InChI is InChI=1S/C21H28N4OS/c1-15-23-24-21(25(15)17-10-3-2-4-11-17)27-14-20(26)22-19-13-7-9-16-8-5-6-12-18(16)19/h5-6,8,12,17,19H,2-4,7,9-11,13-14H2,1H3,(H,22,26)/t19-/m1/s1. The summed E-state index contributed by atoms with van der Waals surface area (Å²) in [4.78, 5) is 12.6. The molecule has 1 fully saturated rings. The maximum Gasteiger partial charge on any atom is 0.230 e. The minimum Gasteiger partial charge on any atom is -0.349 e. The molecule has 1 saturated carbocycles. The van der Waals surface area contributed by atoms with Crippen LogP contribution in [0.5, 0.6) is 0 Å². The third-order valence-corrected chi connectivity index (χ3v) is 6.75. The smallest absolute Gasteiger partial charge is 0.230 e. The Labute approximate surface area is 165 Å². The minimum atomic E-state index is 0.0811. The van der Waals surface area contributed by atoms with Crippen molar-refractivity contribution in [2.24, 2.45) is 0 Å². The van der Waals surface area contributed by atoms with E-state index in [9.17, 15) is 4.79 Å². The zero-order chi connectivity index (χ0) is 18.6. The lowest BCUT2D eigenvalue weighted by Crippen LogP contribution is -2.32. The van der Waals surface area contributed by atoms with Gasteiger partial charge in [-0.2, -0.15) is 0 Å². The zero-order valence-corrected chi connectivity index (χ0v) is 16.8. The van der Waals surface area contributed by atoms with E-state index in [0.29, 0.717) is 11.8 Å². The summed E-state index contributed by atoms with van der Waals surface area (Å²) in [6.45, 7) is 2.02. The fraction of sp³-hybridized carbons (Fsp3) is 0.571. The first-order valence-corrected chi connectivity index (χ1v) is 11.1. The molecule has 2 aromatic rings. The van der Waals surface area contributed by atoms with E-state index in [1.54, 1.807) is 0 Å². The molecule has 27 heavy (non-hydrogen) atoms. The van der Waals surface area contributed by atoms with Crippen molar-refractivity contribution in [3.63, 3.8) is 0 Å². The summed E-state index contributed by atoms with van der Waals surface area (Å²) >= 11 is 1.52. The molecule has 0 unspecified atom stereocenters. The van der Waals surface area contributed by atoms with Crippen molar-refractivity contribution in [1.82, 2.24) is 20.1 Å². The number of fused-ring (bicyclic) bond motifs is 1. The lowest BCUT2D eigenvalue weighted by Gasteiger charge is -2.26. The SMILES string of the molecule is Cc1nnc(SCC(=O)N[C@@H]2CCCc3ccccc32)n1C1CCCCC1. The lowest BCUT2D eigenvalue weighted by atomic mass is 9.88. The van der Waals surface area contributed by atoms with Crippen LogP contribution in [0.3, 0.4) is 0 Å². The molecule has 4 rings (SSSR count). The van der Waals surface area contributed by atoms with E-state index in [0.717, 1.165) is 30.2 Å². The van der Waals surface area contributed by atoms with Crippen molar-refractivity contribution < 1.29 is 4.79 Å². The van der Waals surface area contributed by atoms with Gasteiger partial charge in [0, 0.05) is 6.04 Å². The zero-order valence-electron chi connectivity index (χ0n) is 16.0. The van der Waals surface area contributed by atoms with Gasteiger partial charge < -0.3 is 9.88 Å². The first-order valence-electron chi connectivity index (χ1n) is 10.1. The highest BCUT2D eigenvalue weighted by Gasteiger charge is 2.24. The number of aromatic nitrogens is 3. The monoisotopic (exact) mass is 384 g/mol. The molecule has 1 aromatic carbocycles. The van der Waals surface area contributed by atoms with Crippen LogP contribution in [0.15, 0.2) is 29.4 Å². The Bertz CT molecular complexity index is 797. The molecule has 0 saturated heterocycles. The van der Waals surface area contributed by atoms with E-state index in [1.165, 1.54) is 55.0 Å². The van der Waals surface area contributed by atoms with Gasteiger partial charge in [0.2, 0.25) is 5.91 Å². The molecule has 1 amide bonds. The predicted octanol–water partition coefficient (Wildman–Crippen LogP) is 4.38. The van der Waals surface area contributed by atoms with Crippen LogP contribution in [0, 0.1) is 6.92 Å². The van der Waals surface area contributed by atoms with Crippen LogP contribution < -0.4 is 5.32 Å². The first kappa shape index (κ1) is 18.5. The van der Waals surface area contributed by atoms with E-state index in [2.05, 4.69) is 44.3 Å². The highest BCUT2D eigenvalue weighted by molar-refractivity contribution is 7.99. The molecule has 6 heteroatoms. The summed E-state index contributed by atoms with van der Waals surface area (Å²) in [6, 6.07) is 9.10. The number of benzene rings is 1. The molecule has 0 radical (unpaired) electrons. The molecular formula is C21H28N4OS. The number of amides is 1. The number of thioether (sulfide) groups is 1. The molecule has 5 nitrogen and oxygen atoms in total. The highest BCUT2D eigenvalue weighted by atomic mass is 32.2. The maximum absolute atomic E-state index is 12.6. The van der Waals surface area contributed by atoms with Gasteiger partial charge in [-0.3, -0.25) is 4.79 Å². The van der Waals surface area contributed by atoms with Gasteiger partial charge in [-0.15, -0.1) is 10.2 Å². The van der Waals surface area contributed by atoms with Crippen molar-refractivity contribution >= 4 is 17.7 Å². The average Bonchev–Trinajstić information content (AvgIpc) is 3.08. The van der Waals surface area contributed by atoms with Crippen molar-refractivity contribution in [2.45, 2.75) is 75.5 Å². The molecule has 144 valence electrons. The summed E-state index contributed by atoms with van der Waals surface area (Å²) in [5.74, 6) is 1.44. The maximum atomic E-state index is 12.6. The first-order chi connectivity index (χ1) is 13.2. The molecule has 1 N–H and O–H groups in total. The van der Waals surface area contributed by atoms with Crippen LogP contribution >= 0.6 is 11.8 Å². The quantitative estimate of drug-likeness (QED) is 0.777. The Hall–Kier alpha value is -1.82. The summed E-state index contributed by atoms with van der Waals surface area (Å²) in [7, 11) is 0. The number of hydrogen-bond acceptors (Lipinski definition) is 4. The van der Waals surface area contributed by atoms with Gasteiger partial charge >= 0.3 is 0 Å². The van der Waals surface area contributed by atoms with Crippen LogP contribution in [0.4, 0.5) is 0 Å². The van der Waals surface area contributed by atoms with Gasteiger partial charge in [-0.05, 0) is 50.2 Å². The Balaban J connectivity index is 1.38. The molecule has 1 atom stereocenters. The molecule has 1 heterocycles. The number of rotatable bonds is 5. The van der Waals surface area contributed by atoms with Gasteiger partial charge in [0.15, 0.2) is 5.16 Å². The van der Waals surface area contributed by atoms with E-state index in [4.69, 9.17) is 0 Å². The van der Waals surface area contributed by atoms with Crippen LogP contribution in [0.2, 0.25) is 0 Å². The fourth-order valence-corrected chi connectivity index (χ4v) is 5.34. The van der Waals surface area contributed by atoms with Gasteiger partial charge in [-0.1, -0.05) is 55.3 Å². The van der Waals surface area contributed by atoms with E-state index < -0.39 is 0 Å². The lowest BCUT2D eigenvalue weighted by molar-refractivity contribution is -0.119. The van der Waals surface area contributed by atoms with Crippen LogP contribution in [0.1, 0.15) is 74.0 Å². The predicted molar refractivity (Wildman–Crippen MR) is 108 cm³/mol. The molecule has 0 bridgehead atoms. The number of carbonyl (C=O) groups is 1. The normalized spacial score (nSPS) is 20.3. The van der Waals surface area contributed by atoms with E-state index >= 15 is 0 Å². The third-order valence-electron chi connectivity index (χ3n) is 5.81. The van der Waals surface area contributed by atoms with Gasteiger partial charge in [0.1, 0.15) is 5.82 Å². The van der Waals surface area contributed by atoms with Crippen molar-refractivity contribution in [2.75, 3.05) is 5.75 Å². The largest absolute Gasteiger partial charge is 0.349 e. The highest BCUT2D eigenvalue weighted by Crippen LogP contribution is 2.33. The molecule has 2 aliphatic rings. The Morgan fingerprint density at radius 2 is 1.96 bits per heavy atom. The van der Waals surface area contributed by atoms with Crippen LogP contribution in [-0.4, -0.2) is 26.4 Å². The molecule has 0 spiro atoms. The molecule has 0 aliphatic heterocycles. The van der Waals surface area contributed by atoms with Gasteiger partial charge in [0.25, 0.3) is 0 Å². The van der Waals surface area contributed by atoms with E-state index in [1.807, 2.05) is 6.92 Å². The van der Waals surface area contributed by atoms with E-state index in [-0.39, 0.29) is 11.9 Å². The second-order valence-corrected chi connectivity index (χ2v) is 8.63. The van der Waals surface area contributed by atoms with Crippen molar-refractivity contribution in [1.29, 1.82) is 0 Å². The fourth-order valence-electron chi connectivity index (χ4n) is 4.48. The third kappa shape index (κ3) is 4.21. The number of nitrogens with zero attached hydrogens (tertiary/aromatic N) is 3. The summed E-state index contributed by atoms with van der Waals surface area (Å²) in [5, 5.41) is 12.7. The molecule has 2 aliphatic carbocycles. The minimum absolute atomic E-state index is 0.0811. The van der Waals surface area contributed by atoms with Gasteiger partial charge in [0.05, 0.1) is 11.8 Å². The summed E-state index contributed by atoms with van der Waals surface area (Å²) < 4.78 is 2.26. The van der Waals surface area contributed by atoms with Crippen LogP contribution in [0.25, 0.3) is 0 Å². The topological polar surface area (TPSA) is 59.8 Å². The van der Waals surface area contributed by atoms with Gasteiger partial charge in [-0.25, -0.2) is 0 Å². The Morgan fingerprint density at radius 1 is 1.15 bits per heavy atom. The van der Waals surface area contributed by atoms with Crippen molar-refractivity contribution in [3.8, 4) is 0 Å². The molecular weight excluding hydrogens is 356 g/mol. The summed E-state index contributed by atoms with van der Waals surface area (Å²) in [6.07, 6.45) is 9.51. The number of hydrogen-bond donors (Lipinski definition) is 1. The number of aryl methyl sites for hydroxylation is 2. The average molecular weight is 385 g/mol.